The van der Waals surface area contributed by atoms with Crippen molar-refractivity contribution < 1.29 is 69.3 Å². The molecule has 2 heterocycles. The van der Waals surface area contributed by atoms with E-state index in [9.17, 15) is 45.6 Å². The molecule has 14 nitrogen and oxygen atoms in total. The number of hydrogen-bond donors (Lipinski definition) is 8. The standard InChI is InChI=1S/C21H30O14/c1-7(23)13-9(24)3-8(31-2)4-10(13)33-21-19(30)17(28)15(26)12(35-21)6-32-20-18(29)16(27)14(25)11(5-22)34-20/h3-4,11-12,14-22,24-30H,5-6H2,1-2H3/t11-,12-,14+,15+,16+,17+,18+,19+,20+,21+/m0/s1. The van der Waals surface area contributed by atoms with E-state index in [1.54, 1.807) is 0 Å². The van der Waals surface area contributed by atoms with Crippen LogP contribution in [0, 0.1) is 0 Å². The molecule has 1 aromatic carbocycles. The Labute approximate surface area is 199 Å². The smallest absolute Gasteiger partial charge is 0.229 e. The molecular weight excluding hydrogens is 476 g/mol. The Morgan fingerprint density at radius 3 is 2.03 bits per heavy atom. The third kappa shape index (κ3) is 5.67. The third-order valence-electron chi connectivity index (χ3n) is 5.83. The maximum absolute atomic E-state index is 12.0. The average Bonchev–Trinajstić information content (AvgIpc) is 2.82. The van der Waals surface area contributed by atoms with Crippen molar-refractivity contribution in [1.29, 1.82) is 0 Å². The van der Waals surface area contributed by atoms with E-state index in [1.807, 2.05) is 0 Å². The van der Waals surface area contributed by atoms with E-state index in [1.165, 1.54) is 26.2 Å². The molecule has 3 rings (SSSR count). The molecule has 2 fully saturated rings. The SMILES string of the molecule is COc1cc(O)c(C(C)=O)c(O[C@@H]2O[C@@H](CO[C@@H]3O[C@@H](CO)[C@@H](O)[C@@H](O)[C@H]3O)[C@@H](O)[C@@H](O)[C@H]2O)c1. The van der Waals surface area contributed by atoms with E-state index >= 15 is 0 Å². The van der Waals surface area contributed by atoms with Crippen LogP contribution in [0.1, 0.15) is 17.3 Å². The van der Waals surface area contributed by atoms with Gasteiger partial charge in [-0.2, -0.15) is 0 Å². The first-order valence-electron chi connectivity index (χ1n) is 10.7. The van der Waals surface area contributed by atoms with Crippen molar-refractivity contribution in [2.24, 2.45) is 0 Å². The molecular formula is C21H30O14. The fourth-order valence-electron chi connectivity index (χ4n) is 3.81. The maximum atomic E-state index is 12.0. The number of hydrogen-bond acceptors (Lipinski definition) is 14. The van der Waals surface area contributed by atoms with Crippen LogP contribution in [-0.4, -0.2) is 128 Å². The molecule has 14 heteroatoms. The quantitative estimate of drug-likeness (QED) is 0.161. The molecule has 2 saturated heterocycles. The largest absolute Gasteiger partial charge is 0.507 e. The van der Waals surface area contributed by atoms with Gasteiger partial charge < -0.3 is 64.5 Å². The zero-order valence-corrected chi connectivity index (χ0v) is 18.9. The lowest BCUT2D eigenvalue weighted by Gasteiger charge is -2.42. The fraction of sp³-hybridized carbons (Fsp3) is 0.667. The molecule has 1 aromatic rings. The average molecular weight is 506 g/mol. The molecule has 10 atom stereocenters. The number of Topliss-reactive ketones (excluding diaryl/α,β-unsaturated/α-hetero) is 1. The van der Waals surface area contributed by atoms with Gasteiger partial charge in [-0.1, -0.05) is 0 Å². The van der Waals surface area contributed by atoms with Crippen LogP contribution >= 0.6 is 0 Å². The highest BCUT2D eigenvalue weighted by molar-refractivity contribution is 5.99. The number of ether oxygens (including phenoxy) is 5. The van der Waals surface area contributed by atoms with Crippen molar-refractivity contribution in [3.8, 4) is 17.2 Å². The van der Waals surface area contributed by atoms with Gasteiger partial charge in [-0.15, -0.1) is 0 Å². The molecule has 0 spiro atoms. The summed E-state index contributed by atoms with van der Waals surface area (Å²) in [6, 6.07) is 2.43. The molecule has 8 N–H and O–H groups in total. The number of aromatic hydroxyl groups is 1. The maximum Gasteiger partial charge on any atom is 0.229 e. The molecule has 0 aromatic heterocycles. The molecule has 0 unspecified atom stereocenters. The minimum absolute atomic E-state index is 0.121. The molecule has 0 saturated carbocycles. The van der Waals surface area contributed by atoms with Crippen molar-refractivity contribution in [3.63, 3.8) is 0 Å². The van der Waals surface area contributed by atoms with Gasteiger partial charge in [-0.25, -0.2) is 0 Å². The second kappa shape index (κ2) is 11.3. The first-order chi connectivity index (χ1) is 16.5. The number of rotatable bonds is 8. The summed E-state index contributed by atoms with van der Waals surface area (Å²) in [6.07, 6.45) is -16.1. The monoisotopic (exact) mass is 506 g/mol. The predicted molar refractivity (Wildman–Crippen MR) is 112 cm³/mol. The summed E-state index contributed by atoms with van der Waals surface area (Å²) in [4.78, 5) is 12.0. The predicted octanol–water partition coefficient (Wildman–Crippen LogP) is -3.39. The van der Waals surface area contributed by atoms with Gasteiger partial charge in [0.1, 0.15) is 71.6 Å². The van der Waals surface area contributed by atoms with Crippen LogP contribution in [0.2, 0.25) is 0 Å². The lowest BCUT2D eigenvalue weighted by atomic mass is 9.98. The van der Waals surface area contributed by atoms with E-state index in [4.69, 9.17) is 23.7 Å². The molecule has 0 aliphatic carbocycles. The van der Waals surface area contributed by atoms with Crippen molar-refractivity contribution in [3.05, 3.63) is 17.7 Å². The molecule has 35 heavy (non-hydrogen) atoms. The first-order valence-corrected chi connectivity index (χ1v) is 10.7. The normalized spacial score (nSPS) is 37.6. The van der Waals surface area contributed by atoms with Gasteiger partial charge >= 0.3 is 0 Å². The number of carbonyl (C=O) groups excluding carboxylic acids is 1. The third-order valence-corrected chi connectivity index (χ3v) is 5.83. The Kier molecular flexibility index (Phi) is 8.87. The molecule has 2 aliphatic heterocycles. The number of ketones is 1. The summed E-state index contributed by atoms with van der Waals surface area (Å²) in [5.41, 5.74) is -0.240. The number of carbonyl (C=O) groups is 1. The number of aliphatic hydroxyl groups excluding tert-OH is 7. The van der Waals surface area contributed by atoms with Crippen LogP contribution in [0.25, 0.3) is 0 Å². The van der Waals surface area contributed by atoms with E-state index in [0.717, 1.165) is 0 Å². The number of aliphatic hydroxyl groups is 7. The summed E-state index contributed by atoms with van der Waals surface area (Å²) >= 11 is 0. The highest BCUT2D eigenvalue weighted by Gasteiger charge is 2.48. The summed E-state index contributed by atoms with van der Waals surface area (Å²) < 4.78 is 26.7. The highest BCUT2D eigenvalue weighted by atomic mass is 16.7. The lowest BCUT2D eigenvalue weighted by molar-refractivity contribution is -0.323. The molecule has 0 amide bonds. The first kappa shape index (κ1) is 27.5. The van der Waals surface area contributed by atoms with Gasteiger partial charge in [-0.3, -0.25) is 4.79 Å². The van der Waals surface area contributed by atoms with Gasteiger partial charge in [0.15, 0.2) is 12.1 Å². The Hall–Kier alpha value is -2.11. The van der Waals surface area contributed by atoms with Crippen molar-refractivity contribution in [1.82, 2.24) is 0 Å². The van der Waals surface area contributed by atoms with Crippen LogP contribution in [-0.2, 0) is 14.2 Å². The molecule has 198 valence electrons. The summed E-state index contributed by atoms with van der Waals surface area (Å²) in [6.45, 7) is -0.0707. The van der Waals surface area contributed by atoms with Gasteiger partial charge in [0.25, 0.3) is 0 Å². The summed E-state index contributed by atoms with van der Waals surface area (Å²) in [5.74, 6) is -1.14. The summed E-state index contributed by atoms with van der Waals surface area (Å²) in [7, 11) is 1.31. The van der Waals surface area contributed by atoms with E-state index in [-0.39, 0.29) is 17.1 Å². The zero-order valence-electron chi connectivity index (χ0n) is 18.9. The van der Waals surface area contributed by atoms with Crippen molar-refractivity contribution >= 4 is 5.78 Å². The van der Waals surface area contributed by atoms with E-state index < -0.39 is 86.2 Å². The second-order valence-electron chi connectivity index (χ2n) is 8.24. The molecule has 0 radical (unpaired) electrons. The Morgan fingerprint density at radius 1 is 0.886 bits per heavy atom. The number of phenolic OH excluding ortho intramolecular Hbond substituents is 1. The number of phenols is 1. The number of benzene rings is 1. The Morgan fingerprint density at radius 2 is 1.46 bits per heavy atom. The van der Waals surface area contributed by atoms with E-state index in [0.29, 0.717) is 0 Å². The fourth-order valence-corrected chi connectivity index (χ4v) is 3.81. The van der Waals surface area contributed by atoms with Crippen molar-refractivity contribution in [2.45, 2.75) is 68.3 Å². The minimum Gasteiger partial charge on any atom is -0.507 e. The number of methoxy groups -OCH3 is 1. The zero-order chi connectivity index (χ0) is 26.0. The second-order valence-corrected chi connectivity index (χ2v) is 8.24. The van der Waals surface area contributed by atoms with Gasteiger partial charge in [-0.05, 0) is 6.92 Å². The van der Waals surface area contributed by atoms with Gasteiger partial charge in [0.05, 0.1) is 20.3 Å². The van der Waals surface area contributed by atoms with Crippen LogP contribution in [0.4, 0.5) is 0 Å². The lowest BCUT2D eigenvalue weighted by Crippen LogP contribution is -2.62. The van der Waals surface area contributed by atoms with Gasteiger partial charge in [0.2, 0.25) is 6.29 Å². The van der Waals surface area contributed by atoms with Gasteiger partial charge in [0, 0.05) is 12.1 Å². The van der Waals surface area contributed by atoms with Crippen molar-refractivity contribution in [2.75, 3.05) is 20.3 Å². The highest BCUT2D eigenvalue weighted by Crippen LogP contribution is 2.36. The Bertz CT molecular complexity index is 878. The molecule has 2 aliphatic rings. The van der Waals surface area contributed by atoms with Crippen LogP contribution in [0.3, 0.4) is 0 Å². The molecule has 0 bridgehead atoms. The minimum atomic E-state index is -1.79. The van der Waals surface area contributed by atoms with E-state index in [2.05, 4.69) is 0 Å². The van der Waals surface area contributed by atoms with Crippen LogP contribution in [0.15, 0.2) is 12.1 Å². The van der Waals surface area contributed by atoms with Crippen LogP contribution < -0.4 is 9.47 Å². The topological polar surface area (TPSA) is 225 Å². The Balaban J connectivity index is 1.76. The van der Waals surface area contributed by atoms with Crippen LogP contribution in [0.5, 0.6) is 17.2 Å². The summed E-state index contributed by atoms with van der Waals surface area (Å²) in [5, 5.41) is 80.2.